The molecule has 0 aliphatic heterocycles. The monoisotopic (exact) mass is 790 g/mol. The third kappa shape index (κ3) is 38.1. The molecular formula is C50H95NO5. The van der Waals surface area contributed by atoms with Crippen LogP contribution in [0.4, 0.5) is 0 Å². The van der Waals surface area contributed by atoms with Crippen LogP contribution in [0.5, 0.6) is 0 Å². The highest BCUT2D eigenvalue weighted by Crippen LogP contribution is 2.16. The molecule has 0 heterocycles. The first kappa shape index (κ1) is 54.5. The van der Waals surface area contributed by atoms with Gasteiger partial charge in [-0.3, -0.25) is 4.79 Å². The van der Waals surface area contributed by atoms with Gasteiger partial charge in [0.15, 0.2) is 0 Å². The van der Waals surface area contributed by atoms with E-state index in [-0.39, 0.29) is 0 Å². The lowest BCUT2D eigenvalue weighted by Crippen LogP contribution is -2.53. The second kappa shape index (κ2) is 44.6. The lowest BCUT2D eigenvalue weighted by molar-refractivity contribution is -0.132. The van der Waals surface area contributed by atoms with Crippen LogP contribution < -0.4 is 5.32 Å². The van der Waals surface area contributed by atoms with Crippen molar-refractivity contribution in [3.8, 4) is 0 Å². The molecule has 4 unspecified atom stereocenters. The van der Waals surface area contributed by atoms with Crippen molar-refractivity contribution in [2.75, 3.05) is 6.61 Å². The fourth-order valence-electron chi connectivity index (χ4n) is 7.42. The number of amides is 1. The Labute approximate surface area is 347 Å². The van der Waals surface area contributed by atoms with Crippen molar-refractivity contribution >= 4 is 5.91 Å². The summed E-state index contributed by atoms with van der Waals surface area (Å²) in [5.74, 6) is -0.598. The van der Waals surface area contributed by atoms with Crippen LogP contribution in [-0.2, 0) is 4.79 Å². The zero-order valence-corrected chi connectivity index (χ0v) is 37.1. The van der Waals surface area contributed by atoms with Crippen LogP contribution in [0.25, 0.3) is 0 Å². The zero-order chi connectivity index (χ0) is 41.0. The Morgan fingerprint density at radius 2 is 0.750 bits per heavy atom. The van der Waals surface area contributed by atoms with Crippen molar-refractivity contribution in [3.63, 3.8) is 0 Å². The number of aliphatic hydroxyl groups excluding tert-OH is 4. The molecule has 0 bridgehead atoms. The smallest absolute Gasteiger partial charge is 0.249 e. The van der Waals surface area contributed by atoms with Crippen molar-refractivity contribution in [2.45, 2.75) is 269 Å². The van der Waals surface area contributed by atoms with Crippen LogP contribution in [0, 0.1) is 0 Å². The van der Waals surface area contributed by atoms with Crippen LogP contribution in [-0.4, -0.2) is 57.3 Å². The Morgan fingerprint density at radius 1 is 0.429 bits per heavy atom. The van der Waals surface area contributed by atoms with Crippen molar-refractivity contribution < 1.29 is 25.2 Å². The number of nitrogens with one attached hydrogen (secondary N) is 1. The molecule has 6 heteroatoms. The molecule has 0 spiro atoms. The average Bonchev–Trinajstić information content (AvgIpc) is 3.20. The van der Waals surface area contributed by atoms with Gasteiger partial charge in [0, 0.05) is 0 Å². The van der Waals surface area contributed by atoms with Crippen LogP contribution >= 0.6 is 0 Å². The molecule has 330 valence electrons. The highest BCUT2D eigenvalue weighted by Gasteiger charge is 2.28. The molecular weight excluding hydrogens is 695 g/mol. The van der Waals surface area contributed by atoms with Gasteiger partial charge in [-0.05, 0) is 77.0 Å². The first-order valence-electron chi connectivity index (χ1n) is 24.4. The Morgan fingerprint density at radius 3 is 1.12 bits per heavy atom. The zero-order valence-electron chi connectivity index (χ0n) is 37.1. The maximum absolute atomic E-state index is 12.5. The largest absolute Gasteiger partial charge is 0.394 e. The number of hydrogen-bond donors (Lipinski definition) is 5. The quantitative estimate of drug-likeness (QED) is 0.0312. The molecule has 1 amide bonds. The summed E-state index contributed by atoms with van der Waals surface area (Å²) in [4.78, 5) is 12.5. The molecule has 0 saturated heterocycles. The van der Waals surface area contributed by atoms with Gasteiger partial charge in [0.25, 0.3) is 0 Å². The second-order valence-corrected chi connectivity index (χ2v) is 16.8. The average molecular weight is 790 g/mol. The lowest BCUT2D eigenvalue weighted by Gasteiger charge is -2.27. The predicted molar refractivity (Wildman–Crippen MR) is 242 cm³/mol. The minimum atomic E-state index is -1.29. The van der Waals surface area contributed by atoms with E-state index in [1.54, 1.807) is 0 Å². The van der Waals surface area contributed by atoms with Gasteiger partial charge in [-0.25, -0.2) is 0 Å². The lowest BCUT2D eigenvalue weighted by atomic mass is 10.00. The van der Waals surface area contributed by atoms with E-state index in [9.17, 15) is 25.2 Å². The molecule has 0 radical (unpaired) electrons. The van der Waals surface area contributed by atoms with E-state index in [2.05, 4.69) is 55.6 Å². The molecule has 5 N–H and O–H groups in total. The summed E-state index contributed by atoms with van der Waals surface area (Å²) in [5.41, 5.74) is 0. The van der Waals surface area contributed by atoms with Gasteiger partial charge < -0.3 is 25.7 Å². The van der Waals surface area contributed by atoms with Gasteiger partial charge in [-0.1, -0.05) is 204 Å². The molecule has 4 atom stereocenters. The molecule has 0 aliphatic carbocycles. The number of carbonyl (C=O) groups excluding carboxylic acids is 1. The summed E-state index contributed by atoms with van der Waals surface area (Å²) in [6.45, 7) is 4.03. The molecule has 0 fully saturated rings. The van der Waals surface area contributed by atoms with Crippen molar-refractivity contribution in [3.05, 3.63) is 36.5 Å². The summed E-state index contributed by atoms with van der Waals surface area (Å²) in [7, 11) is 0. The molecule has 0 aromatic carbocycles. The van der Waals surface area contributed by atoms with Crippen molar-refractivity contribution in [1.29, 1.82) is 0 Å². The number of hydrogen-bond acceptors (Lipinski definition) is 5. The maximum Gasteiger partial charge on any atom is 0.249 e. The maximum atomic E-state index is 12.5. The molecule has 0 aliphatic rings. The van der Waals surface area contributed by atoms with Crippen molar-refractivity contribution in [1.82, 2.24) is 5.32 Å². The molecule has 0 saturated carbocycles. The third-order valence-electron chi connectivity index (χ3n) is 11.3. The highest BCUT2D eigenvalue weighted by molar-refractivity contribution is 5.80. The molecule has 0 rings (SSSR count). The minimum absolute atomic E-state index is 0.359. The number of rotatable bonds is 44. The molecule has 0 aromatic heterocycles. The van der Waals surface area contributed by atoms with Crippen LogP contribution in [0.2, 0.25) is 0 Å². The van der Waals surface area contributed by atoms with E-state index >= 15 is 0 Å². The normalized spacial score (nSPS) is 14.3. The van der Waals surface area contributed by atoms with Crippen LogP contribution in [0.15, 0.2) is 36.5 Å². The van der Waals surface area contributed by atoms with Gasteiger partial charge in [0.1, 0.15) is 12.2 Å². The Balaban J connectivity index is 3.69. The van der Waals surface area contributed by atoms with Crippen molar-refractivity contribution in [2.24, 2.45) is 0 Å². The van der Waals surface area contributed by atoms with E-state index in [0.29, 0.717) is 19.3 Å². The van der Waals surface area contributed by atoms with E-state index in [4.69, 9.17) is 0 Å². The highest BCUT2D eigenvalue weighted by atomic mass is 16.3. The SMILES string of the molecule is CCCCCCC/C=C/CC/C=C/CCCC(O)C(O)C(CO)NC(=O)C(O)CCCCCCCCCCCC/C=C\CCCCCCCCCCCCCC. The molecule has 6 nitrogen and oxygen atoms in total. The van der Waals surface area contributed by atoms with Crippen LogP contribution in [0.1, 0.15) is 245 Å². The summed E-state index contributed by atoms with van der Waals surface area (Å²) in [5, 5.41) is 43.7. The standard InChI is InChI=1S/C50H95NO5/c1-3-5-7-9-11-13-15-17-19-20-21-22-23-24-25-26-27-28-29-30-32-34-36-38-40-42-44-48(54)50(56)51-46(45-52)49(55)47(53)43-41-39-37-35-33-31-18-16-14-12-10-8-6-4-2/h16,18,24-25,35,37,46-49,52-55H,3-15,17,19-23,26-34,36,38-45H2,1-2H3,(H,51,56)/b18-16+,25-24-,37-35+. The van der Waals surface area contributed by atoms with Gasteiger partial charge in [-0.15, -0.1) is 0 Å². The Bertz CT molecular complexity index is 889. The summed E-state index contributed by atoms with van der Waals surface area (Å²) < 4.78 is 0. The summed E-state index contributed by atoms with van der Waals surface area (Å²) >= 11 is 0. The molecule has 56 heavy (non-hydrogen) atoms. The first-order valence-corrected chi connectivity index (χ1v) is 24.4. The predicted octanol–water partition coefficient (Wildman–Crippen LogP) is 13.3. The number of carbonyl (C=O) groups is 1. The van der Waals surface area contributed by atoms with Gasteiger partial charge in [0.2, 0.25) is 5.91 Å². The molecule has 0 aromatic rings. The van der Waals surface area contributed by atoms with E-state index in [1.807, 2.05) is 0 Å². The third-order valence-corrected chi connectivity index (χ3v) is 11.3. The van der Waals surface area contributed by atoms with Gasteiger partial charge >= 0.3 is 0 Å². The summed E-state index contributed by atoms with van der Waals surface area (Å²) in [6, 6.07) is -1.01. The number of aliphatic hydroxyl groups is 4. The Kier molecular flexibility index (Phi) is 43.5. The number of allylic oxidation sites excluding steroid dienone is 6. The number of unbranched alkanes of at least 4 members (excludes halogenated alkanes) is 29. The van der Waals surface area contributed by atoms with Gasteiger partial charge in [0.05, 0.1) is 18.8 Å². The van der Waals surface area contributed by atoms with E-state index < -0.39 is 36.9 Å². The fraction of sp³-hybridized carbons (Fsp3) is 0.860. The topological polar surface area (TPSA) is 110 Å². The van der Waals surface area contributed by atoms with Crippen LogP contribution in [0.3, 0.4) is 0 Å². The van der Waals surface area contributed by atoms with Gasteiger partial charge in [-0.2, -0.15) is 0 Å². The fourth-order valence-corrected chi connectivity index (χ4v) is 7.42. The van der Waals surface area contributed by atoms with E-state index in [0.717, 1.165) is 38.5 Å². The second-order valence-electron chi connectivity index (χ2n) is 16.8. The first-order chi connectivity index (χ1) is 27.5. The Hall–Kier alpha value is -1.47. The summed E-state index contributed by atoms with van der Waals surface area (Å²) in [6.07, 6.45) is 53.4. The van der Waals surface area contributed by atoms with E-state index in [1.165, 1.54) is 173 Å². The minimum Gasteiger partial charge on any atom is -0.394 e.